The summed E-state index contributed by atoms with van der Waals surface area (Å²) in [7, 11) is 0. The largest absolute Gasteiger partial charge is 0.388 e. The van der Waals surface area contributed by atoms with E-state index >= 15 is 0 Å². The van der Waals surface area contributed by atoms with Gasteiger partial charge in [-0.2, -0.15) is 0 Å². The second-order valence-corrected chi connectivity index (χ2v) is 11.4. The van der Waals surface area contributed by atoms with Crippen molar-refractivity contribution in [3.8, 4) is 0 Å². The lowest BCUT2D eigenvalue weighted by Gasteiger charge is -2.36. The molecule has 1 aromatic carbocycles. The van der Waals surface area contributed by atoms with Gasteiger partial charge in [0.1, 0.15) is 30.9 Å². The van der Waals surface area contributed by atoms with E-state index in [1.807, 2.05) is 32.9 Å². The van der Waals surface area contributed by atoms with Crippen LogP contribution in [0.1, 0.15) is 50.9 Å². The first kappa shape index (κ1) is 26.6. The molecular formula is C27H40N4O5. The van der Waals surface area contributed by atoms with Crippen LogP contribution in [0.2, 0.25) is 0 Å². The lowest BCUT2D eigenvalue weighted by Crippen LogP contribution is -2.53. The average molecular weight is 501 g/mol. The number of amides is 2. The number of β-amino-alcohol motifs (C(OH)–C–C–N with tert-alkyl or cyclic N) is 1. The van der Waals surface area contributed by atoms with Gasteiger partial charge in [-0.1, -0.05) is 27.7 Å². The number of likely N-dealkylation sites (tertiary alicyclic amines) is 1. The Morgan fingerprint density at radius 2 is 1.81 bits per heavy atom. The van der Waals surface area contributed by atoms with Crippen LogP contribution in [-0.2, 0) is 14.3 Å². The summed E-state index contributed by atoms with van der Waals surface area (Å²) in [5.74, 6) is -0.899. The van der Waals surface area contributed by atoms with Crippen LogP contribution in [0, 0.1) is 5.41 Å². The van der Waals surface area contributed by atoms with Crippen molar-refractivity contribution < 1.29 is 24.2 Å². The molecule has 3 aliphatic heterocycles. The highest BCUT2D eigenvalue weighted by atomic mass is 16.5. The summed E-state index contributed by atoms with van der Waals surface area (Å²) in [6.45, 7) is 13.2. The molecular weight excluding hydrogens is 460 g/mol. The summed E-state index contributed by atoms with van der Waals surface area (Å²) in [5, 5.41) is 13.2. The van der Waals surface area contributed by atoms with E-state index in [9.17, 15) is 19.5 Å². The lowest BCUT2D eigenvalue weighted by molar-refractivity contribution is -0.138. The highest BCUT2D eigenvalue weighted by Gasteiger charge is 2.53. The Labute approximate surface area is 213 Å². The molecule has 3 heterocycles. The maximum absolute atomic E-state index is 13.5. The molecule has 36 heavy (non-hydrogen) atoms. The molecule has 0 aromatic heterocycles. The maximum Gasteiger partial charge on any atom is 0.251 e. The quantitative estimate of drug-likeness (QED) is 0.582. The van der Waals surface area contributed by atoms with Gasteiger partial charge in [0.25, 0.3) is 5.91 Å². The Morgan fingerprint density at radius 3 is 2.42 bits per heavy atom. The van der Waals surface area contributed by atoms with Crippen molar-refractivity contribution in [3.63, 3.8) is 0 Å². The Balaban J connectivity index is 1.43. The SMILES string of the molecule is CCCN1CCN(c2ccc(C(=O)N[C@@H](CC(C)(C)C)C(=O)N3C[C@H](O)[C@H]4OCC(=O)[C@H]43)cc2)CC1. The molecule has 3 fully saturated rings. The third-order valence-electron chi connectivity index (χ3n) is 7.27. The van der Waals surface area contributed by atoms with Crippen molar-refractivity contribution in [2.45, 2.75) is 64.8 Å². The maximum atomic E-state index is 13.5. The summed E-state index contributed by atoms with van der Waals surface area (Å²) in [6, 6.07) is 5.91. The van der Waals surface area contributed by atoms with Crippen molar-refractivity contribution in [1.82, 2.24) is 15.1 Å². The molecule has 9 nitrogen and oxygen atoms in total. The van der Waals surface area contributed by atoms with Gasteiger partial charge in [0.2, 0.25) is 5.91 Å². The molecule has 0 aliphatic carbocycles. The number of hydrogen-bond donors (Lipinski definition) is 2. The third kappa shape index (κ3) is 5.90. The van der Waals surface area contributed by atoms with Gasteiger partial charge in [0, 0.05) is 37.4 Å². The van der Waals surface area contributed by atoms with Crippen LogP contribution in [0.15, 0.2) is 24.3 Å². The summed E-state index contributed by atoms with van der Waals surface area (Å²) in [4.78, 5) is 45.3. The Hall–Kier alpha value is -2.49. The zero-order chi connectivity index (χ0) is 26.0. The van der Waals surface area contributed by atoms with Crippen LogP contribution in [0.25, 0.3) is 0 Å². The van der Waals surface area contributed by atoms with Gasteiger partial charge in [0.05, 0.1) is 6.54 Å². The molecule has 1 aromatic rings. The van der Waals surface area contributed by atoms with Crippen LogP contribution in [0.3, 0.4) is 0 Å². The number of carbonyl (C=O) groups is 3. The van der Waals surface area contributed by atoms with Crippen molar-refractivity contribution in [2.24, 2.45) is 5.41 Å². The van der Waals surface area contributed by atoms with E-state index < -0.39 is 24.3 Å². The van der Waals surface area contributed by atoms with E-state index in [0.29, 0.717) is 12.0 Å². The number of fused-ring (bicyclic) bond motifs is 1. The number of carbonyl (C=O) groups excluding carboxylic acids is 3. The number of aliphatic hydroxyl groups excluding tert-OH is 1. The number of rotatable bonds is 7. The fourth-order valence-corrected chi connectivity index (χ4v) is 5.48. The molecule has 0 radical (unpaired) electrons. The predicted octanol–water partition coefficient (Wildman–Crippen LogP) is 1.29. The monoisotopic (exact) mass is 500 g/mol. The normalized spacial score (nSPS) is 25.7. The van der Waals surface area contributed by atoms with E-state index in [0.717, 1.165) is 44.8 Å². The third-order valence-corrected chi connectivity index (χ3v) is 7.27. The first-order chi connectivity index (χ1) is 17.1. The number of piperazine rings is 1. The van der Waals surface area contributed by atoms with Gasteiger partial charge in [-0.25, -0.2) is 0 Å². The average Bonchev–Trinajstić information content (AvgIpc) is 3.38. The number of ketones is 1. The molecule has 0 saturated carbocycles. The smallest absolute Gasteiger partial charge is 0.251 e. The molecule has 0 spiro atoms. The highest BCUT2D eigenvalue weighted by molar-refractivity contribution is 5.99. The van der Waals surface area contributed by atoms with Gasteiger partial charge in [0.15, 0.2) is 5.78 Å². The van der Waals surface area contributed by atoms with E-state index in [1.54, 1.807) is 12.1 Å². The van der Waals surface area contributed by atoms with Crippen molar-refractivity contribution in [3.05, 3.63) is 29.8 Å². The van der Waals surface area contributed by atoms with Crippen LogP contribution in [-0.4, -0.2) is 103 Å². The Kier molecular flexibility index (Phi) is 8.02. The van der Waals surface area contributed by atoms with E-state index in [4.69, 9.17) is 4.74 Å². The fraction of sp³-hybridized carbons (Fsp3) is 0.667. The number of hydrogen-bond acceptors (Lipinski definition) is 7. The molecule has 2 N–H and O–H groups in total. The lowest BCUT2D eigenvalue weighted by atomic mass is 9.87. The van der Waals surface area contributed by atoms with Crippen LogP contribution in [0.4, 0.5) is 5.69 Å². The van der Waals surface area contributed by atoms with Crippen LogP contribution in [0.5, 0.6) is 0 Å². The second-order valence-electron chi connectivity index (χ2n) is 11.4. The summed E-state index contributed by atoms with van der Waals surface area (Å²) >= 11 is 0. The molecule has 3 saturated heterocycles. The molecule has 4 rings (SSSR count). The van der Waals surface area contributed by atoms with Crippen LogP contribution >= 0.6 is 0 Å². The Morgan fingerprint density at radius 1 is 1.14 bits per heavy atom. The molecule has 4 atom stereocenters. The summed E-state index contributed by atoms with van der Waals surface area (Å²) < 4.78 is 5.40. The minimum absolute atomic E-state index is 0.0244. The number of nitrogens with zero attached hydrogens (tertiary/aromatic N) is 3. The number of Topliss-reactive ketones (excluding diaryl/α,β-unsaturated/α-hetero) is 1. The van der Waals surface area contributed by atoms with Crippen LogP contribution < -0.4 is 10.2 Å². The van der Waals surface area contributed by atoms with Gasteiger partial charge >= 0.3 is 0 Å². The minimum atomic E-state index is -0.909. The van der Waals surface area contributed by atoms with Gasteiger partial charge in [-0.15, -0.1) is 0 Å². The Bertz CT molecular complexity index is 952. The summed E-state index contributed by atoms with van der Waals surface area (Å²) in [6.07, 6.45) is -0.0419. The molecule has 2 amide bonds. The zero-order valence-corrected chi connectivity index (χ0v) is 21.9. The zero-order valence-electron chi connectivity index (χ0n) is 21.9. The molecule has 0 unspecified atom stereocenters. The number of anilines is 1. The summed E-state index contributed by atoms with van der Waals surface area (Å²) in [5.41, 5.74) is 1.32. The number of benzene rings is 1. The van der Waals surface area contributed by atoms with Gasteiger partial charge in [-0.3, -0.25) is 19.3 Å². The molecule has 9 heteroatoms. The van der Waals surface area contributed by atoms with Crippen molar-refractivity contribution in [1.29, 1.82) is 0 Å². The molecule has 198 valence electrons. The second kappa shape index (κ2) is 10.9. The van der Waals surface area contributed by atoms with Gasteiger partial charge in [-0.05, 0) is 49.1 Å². The van der Waals surface area contributed by atoms with E-state index in [2.05, 4.69) is 22.0 Å². The number of ether oxygens (including phenoxy) is 1. The number of aliphatic hydroxyl groups is 1. The van der Waals surface area contributed by atoms with Crippen molar-refractivity contribution >= 4 is 23.3 Å². The topological polar surface area (TPSA) is 102 Å². The standard InChI is InChI=1S/C27H40N4O5/c1-5-10-29-11-13-30(14-12-29)19-8-6-18(7-9-19)25(34)28-20(15-27(2,3)4)26(35)31-16-21(32)24-23(31)22(33)17-36-24/h6-9,20-21,23-24,32H,5,10-17H2,1-4H3,(H,28,34)/t20-,21-,23+,24+/m0/s1. The van der Waals surface area contributed by atoms with Gasteiger partial charge < -0.3 is 25.0 Å². The molecule has 0 bridgehead atoms. The van der Waals surface area contributed by atoms with Crippen molar-refractivity contribution in [2.75, 3.05) is 50.8 Å². The minimum Gasteiger partial charge on any atom is -0.388 e. The fourth-order valence-electron chi connectivity index (χ4n) is 5.48. The number of nitrogens with one attached hydrogen (secondary N) is 1. The first-order valence-electron chi connectivity index (χ1n) is 13.1. The predicted molar refractivity (Wildman–Crippen MR) is 137 cm³/mol. The first-order valence-corrected chi connectivity index (χ1v) is 13.1. The molecule has 3 aliphatic rings. The highest BCUT2D eigenvalue weighted by Crippen LogP contribution is 2.30. The van der Waals surface area contributed by atoms with E-state index in [-0.39, 0.29) is 36.2 Å². The van der Waals surface area contributed by atoms with E-state index in [1.165, 1.54) is 4.90 Å².